The van der Waals surface area contributed by atoms with Crippen molar-refractivity contribution in [2.75, 3.05) is 0 Å². The molecule has 0 fully saturated rings. The van der Waals surface area contributed by atoms with Crippen LogP contribution in [-0.4, -0.2) is 0 Å². The molecule has 3 aromatic carbocycles. The Bertz CT molecular complexity index is 1310. The van der Waals surface area contributed by atoms with Crippen molar-refractivity contribution in [2.24, 2.45) is 0 Å². The van der Waals surface area contributed by atoms with Gasteiger partial charge >= 0.3 is 6.18 Å². The van der Waals surface area contributed by atoms with Crippen LogP contribution in [0.2, 0.25) is 5.02 Å². The molecule has 1 aromatic heterocycles. The van der Waals surface area contributed by atoms with E-state index in [1.54, 1.807) is 0 Å². The Labute approximate surface area is 180 Å². The van der Waals surface area contributed by atoms with Gasteiger partial charge in [0.05, 0.1) is 10.9 Å². The molecule has 7 heteroatoms. The molecule has 0 saturated heterocycles. The average molecular weight is 445 g/mol. The topological polar surface area (TPSA) is 39.4 Å². The molecular formula is C24H16ClF3O3. The van der Waals surface area contributed by atoms with Gasteiger partial charge in [0, 0.05) is 11.1 Å². The van der Waals surface area contributed by atoms with Crippen LogP contribution in [0.3, 0.4) is 0 Å². The highest BCUT2D eigenvalue weighted by atomic mass is 35.5. The van der Waals surface area contributed by atoms with E-state index in [1.165, 1.54) is 42.5 Å². The summed E-state index contributed by atoms with van der Waals surface area (Å²) in [4.78, 5) is 13.0. The summed E-state index contributed by atoms with van der Waals surface area (Å²) < 4.78 is 52.1. The molecule has 158 valence electrons. The Morgan fingerprint density at radius 2 is 1.74 bits per heavy atom. The molecule has 0 spiro atoms. The second-order valence-corrected chi connectivity index (χ2v) is 7.51. The molecule has 0 radical (unpaired) electrons. The maximum absolute atomic E-state index is 13.7. The van der Waals surface area contributed by atoms with E-state index in [9.17, 15) is 18.0 Å². The van der Waals surface area contributed by atoms with Crippen molar-refractivity contribution in [3.8, 4) is 16.9 Å². The predicted octanol–water partition coefficient (Wildman–Crippen LogP) is 7.02. The van der Waals surface area contributed by atoms with Crippen molar-refractivity contribution in [1.82, 2.24) is 0 Å². The van der Waals surface area contributed by atoms with Crippen LogP contribution in [0, 0.1) is 6.92 Å². The number of rotatable bonds is 4. The maximum atomic E-state index is 13.7. The number of benzene rings is 3. The minimum atomic E-state index is -4.86. The van der Waals surface area contributed by atoms with Gasteiger partial charge in [0.1, 0.15) is 17.9 Å². The number of ether oxygens (including phenoxy) is 1. The third kappa shape index (κ3) is 4.44. The van der Waals surface area contributed by atoms with Crippen molar-refractivity contribution >= 4 is 22.6 Å². The first-order valence-corrected chi connectivity index (χ1v) is 9.72. The molecule has 4 rings (SSSR count). The van der Waals surface area contributed by atoms with Crippen molar-refractivity contribution in [2.45, 2.75) is 19.7 Å². The summed E-state index contributed by atoms with van der Waals surface area (Å²) in [5.74, 6) is -1.06. The van der Waals surface area contributed by atoms with Gasteiger partial charge in [-0.25, -0.2) is 0 Å². The standard InChI is InChI=1S/C24H16ClF3O3/c1-14-3-2-4-15(11-14)13-30-18-9-10-19-20(12-18)31-23(24(26,27)28)21(22(19)29)16-5-7-17(25)8-6-16/h2-12H,13H2,1H3. The first-order chi connectivity index (χ1) is 14.7. The molecule has 0 aliphatic rings. The SMILES string of the molecule is Cc1cccc(COc2ccc3c(=O)c(-c4ccc(Cl)cc4)c(C(F)(F)F)oc3c2)c1. The van der Waals surface area contributed by atoms with Crippen molar-refractivity contribution in [3.63, 3.8) is 0 Å². The molecule has 31 heavy (non-hydrogen) atoms. The number of hydrogen-bond acceptors (Lipinski definition) is 3. The molecule has 0 atom stereocenters. The Hall–Kier alpha value is -3.25. The van der Waals surface area contributed by atoms with Crippen LogP contribution in [0.15, 0.2) is 75.9 Å². The van der Waals surface area contributed by atoms with Crippen molar-refractivity contribution in [1.29, 1.82) is 0 Å². The first kappa shape index (κ1) is 21.0. The molecule has 0 unspecified atom stereocenters. The predicted molar refractivity (Wildman–Crippen MR) is 113 cm³/mol. The van der Waals surface area contributed by atoms with Gasteiger partial charge < -0.3 is 9.15 Å². The first-order valence-electron chi connectivity index (χ1n) is 9.35. The minimum Gasteiger partial charge on any atom is -0.489 e. The van der Waals surface area contributed by atoms with E-state index in [0.717, 1.165) is 11.1 Å². The summed E-state index contributed by atoms with van der Waals surface area (Å²) in [7, 11) is 0. The maximum Gasteiger partial charge on any atom is 0.450 e. The monoisotopic (exact) mass is 444 g/mol. The summed E-state index contributed by atoms with van der Waals surface area (Å²) in [6.07, 6.45) is -4.86. The zero-order chi connectivity index (χ0) is 22.2. The smallest absolute Gasteiger partial charge is 0.450 e. The van der Waals surface area contributed by atoms with Crippen molar-refractivity contribution < 1.29 is 22.3 Å². The molecule has 4 aromatic rings. The van der Waals surface area contributed by atoms with E-state index < -0.39 is 22.9 Å². The quantitative estimate of drug-likeness (QED) is 0.339. The lowest BCUT2D eigenvalue weighted by Gasteiger charge is -2.13. The summed E-state index contributed by atoms with van der Waals surface area (Å²) in [5.41, 5.74) is 0.529. The molecule has 3 nitrogen and oxygen atoms in total. The fourth-order valence-electron chi connectivity index (χ4n) is 3.31. The largest absolute Gasteiger partial charge is 0.489 e. The summed E-state index contributed by atoms with van der Waals surface area (Å²) in [6.45, 7) is 2.18. The molecule has 0 saturated carbocycles. The van der Waals surface area contributed by atoms with Gasteiger partial charge in [0.2, 0.25) is 11.2 Å². The van der Waals surface area contributed by atoms with Gasteiger partial charge in [0.25, 0.3) is 0 Å². The highest BCUT2D eigenvalue weighted by Gasteiger charge is 2.39. The highest BCUT2D eigenvalue weighted by molar-refractivity contribution is 6.30. The van der Waals surface area contributed by atoms with E-state index in [4.69, 9.17) is 20.8 Å². The van der Waals surface area contributed by atoms with Crippen LogP contribution in [0.1, 0.15) is 16.9 Å². The Kier molecular flexibility index (Phi) is 5.50. The van der Waals surface area contributed by atoms with Crippen LogP contribution < -0.4 is 10.2 Å². The average Bonchev–Trinajstić information content (AvgIpc) is 2.72. The fourth-order valence-corrected chi connectivity index (χ4v) is 3.44. The molecule has 0 aliphatic heterocycles. The highest BCUT2D eigenvalue weighted by Crippen LogP contribution is 2.38. The van der Waals surface area contributed by atoms with Crippen LogP contribution >= 0.6 is 11.6 Å². The van der Waals surface area contributed by atoms with Crippen LogP contribution in [0.5, 0.6) is 5.75 Å². The molecular weight excluding hydrogens is 429 g/mol. The van der Waals surface area contributed by atoms with E-state index in [1.807, 2.05) is 31.2 Å². The van der Waals surface area contributed by atoms with Gasteiger partial charge in [-0.15, -0.1) is 0 Å². The Balaban J connectivity index is 1.78. The zero-order valence-electron chi connectivity index (χ0n) is 16.3. The van der Waals surface area contributed by atoms with Crippen LogP contribution in [-0.2, 0) is 12.8 Å². The van der Waals surface area contributed by atoms with Gasteiger partial charge in [-0.3, -0.25) is 4.79 Å². The third-order valence-corrected chi connectivity index (χ3v) is 4.99. The van der Waals surface area contributed by atoms with Crippen molar-refractivity contribution in [3.05, 3.63) is 98.9 Å². The Morgan fingerprint density at radius 3 is 2.42 bits per heavy atom. The third-order valence-electron chi connectivity index (χ3n) is 4.74. The number of fused-ring (bicyclic) bond motifs is 1. The lowest BCUT2D eigenvalue weighted by atomic mass is 10.0. The second-order valence-electron chi connectivity index (χ2n) is 7.08. The lowest BCUT2D eigenvalue weighted by Crippen LogP contribution is -2.16. The van der Waals surface area contributed by atoms with E-state index in [2.05, 4.69) is 0 Å². The zero-order valence-corrected chi connectivity index (χ0v) is 17.1. The second kappa shape index (κ2) is 8.12. The minimum absolute atomic E-state index is 0.0286. The van der Waals surface area contributed by atoms with Gasteiger partial charge in [0.15, 0.2) is 0 Å². The molecule has 1 heterocycles. The van der Waals surface area contributed by atoms with E-state index in [-0.39, 0.29) is 23.1 Å². The van der Waals surface area contributed by atoms with E-state index in [0.29, 0.717) is 10.8 Å². The summed E-state index contributed by atoms with van der Waals surface area (Å²) in [6, 6.07) is 17.5. The Morgan fingerprint density at radius 1 is 1.00 bits per heavy atom. The van der Waals surface area contributed by atoms with Crippen LogP contribution in [0.4, 0.5) is 13.2 Å². The summed E-state index contributed by atoms with van der Waals surface area (Å²) in [5, 5.41) is 0.374. The number of aryl methyl sites for hydroxylation is 1. The number of hydrogen-bond donors (Lipinski definition) is 0. The lowest BCUT2D eigenvalue weighted by molar-refractivity contribution is -0.152. The van der Waals surface area contributed by atoms with Crippen LogP contribution in [0.25, 0.3) is 22.1 Å². The normalized spacial score (nSPS) is 11.6. The van der Waals surface area contributed by atoms with Gasteiger partial charge in [-0.1, -0.05) is 53.6 Å². The number of alkyl halides is 3. The number of halogens is 4. The molecule has 0 bridgehead atoms. The summed E-state index contributed by atoms with van der Waals surface area (Å²) >= 11 is 5.83. The fraction of sp³-hybridized carbons (Fsp3) is 0.125. The van der Waals surface area contributed by atoms with E-state index >= 15 is 0 Å². The molecule has 0 aliphatic carbocycles. The molecule has 0 N–H and O–H groups in total. The van der Waals surface area contributed by atoms with Gasteiger partial charge in [-0.2, -0.15) is 13.2 Å². The molecule has 0 amide bonds. The van der Waals surface area contributed by atoms with Gasteiger partial charge in [-0.05, 0) is 42.3 Å².